The Bertz CT molecular complexity index is 2030. The topological polar surface area (TPSA) is 77.7 Å². The molecule has 1 unspecified atom stereocenters. The first-order chi connectivity index (χ1) is 23.1. The molecule has 6 nitrogen and oxygen atoms in total. The Kier molecular flexibility index (Phi) is 10.9. The fourth-order valence-electron chi connectivity index (χ4n) is 7.16. The van der Waals surface area contributed by atoms with Crippen molar-refractivity contribution < 1.29 is 19.2 Å². The zero-order valence-electron chi connectivity index (χ0n) is 29.5. The molecule has 0 saturated carbocycles. The number of aryl methyl sites for hydroxylation is 3. The Morgan fingerprint density at radius 1 is 0.812 bits per heavy atom. The molecule has 0 spiro atoms. The first-order valence-corrected chi connectivity index (χ1v) is 17.5. The molecule has 1 aromatic heterocycles. The third-order valence-electron chi connectivity index (χ3n) is 9.57. The van der Waals surface area contributed by atoms with E-state index in [9.17, 15) is 14.4 Å². The molecule has 0 saturated heterocycles. The van der Waals surface area contributed by atoms with Crippen molar-refractivity contribution in [2.24, 2.45) is 11.1 Å². The van der Waals surface area contributed by atoms with Crippen LogP contribution in [0.2, 0.25) is 0 Å². The van der Waals surface area contributed by atoms with Gasteiger partial charge in [-0.15, -0.1) is 0 Å². The summed E-state index contributed by atoms with van der Waals surface area (Å²) in [5.74, 6) is -0.336. The van der Waals surface area contributed by atoms with Crippen LogP contribution in [0.3, 0.4) is 0 Å². The number of Topliss-reactive ketones (excluding diaryl/α,β-unsaturated/α-hetero) is 1. The van der Waals surface area contributed by atoms with Crippen LogP contribution < -0.4 is 0 Å². The number of hydrogen-bond acceptors (Lipinski definition) is 5. The van der Waals surface area contributed by atoms with E-state index in [4.69, 9.17) is 4.84 Å². The van der Waals surface area contributed by atoms with Crippen LogP contribution >= 0.6 is 0 Å². The Balaban J connectivity index is 1.80. The van der Waals surface area contributed by atoms with Crippen molar-refractivity contribution >= 4 is 55.8 Å². The van der Waals surface area contributed by atoms with Crippen LogP contribution in [-0.2, 0) is 16.2 Å². The van der Waals surface area contributed by atoms with Crippen molar-refractivity contribution in [3.63, 3.8) is 0 Å². The van der Waals surface area contributed by atoms with Gasteiger partial charge in [0.25, 0.3) is 0 Å². The van der Waals surface area contributed by atoms with E-state index in [2.05, 4.69) is 54.8 Å². The zero-order chi connectivity index (χ0) is 34.5. The van der Waals surface area contributed by atoms with Crippen LogP contribution in [0.4, 0.5) is 0 Å². The van der Waals surface area contributed by atoms with Gasteiger partial charge in [0.15, 0.2) is 5.78 Å². The molecule has 48 heavy (non-hydrogen) atoms. The smallest absolute Gasteiger partial charge is 0.331 e. The van der Waals surface area contributed by atoms with Gasteiger partial charge in [0.1, 0.15) is 5.71 Å². The van der Waals surface area contributed by atoms with Crippen molar-refractivity contribution in [1.82, 2.24) is 4.57 Å². The minimum atomic E-state index is -0.563. The molecule has 0 fully saturated rings. The number of rotatable bonds is 14. The van der Waals surface area contributed by atoms with Gasteiger partial charge < -0.3 is 9.40 Å². The number of fused-ring (bicyclic) bond motifs is 5. The van der Waals surface area contributed by atoms with E-state index in [0.29, 0.717) is 23.5 Å². The Hall–Kier alpha value is -4.58. The molecule has 1 atom stereocenters. The highest BCUT2D eigenvalue weighted by Gasteiger charge is 2.24. The second-order valence-corrected chi connectivity index (χ2v) is 13.3. The van der Waals surface area contributed by atoms with Crippen LogP contribution in [0.5, 0.6) is 0 Å². The number of carbonyl (C=O) groups is 3. The predicted molar refractivity (Wildman–Crippen MR) is 197 cm³/mol. The van der Waals surface area contributed by atoms with Gasteiger partial charge in [-0.25, -0.2) is 4.79 Å². The lowest BCUT2D eigenvalue weighted by molar-refractivity contribution is -0.140. The summed E-state index contributed by atoms with van der Waals surface area (Å²) in [7, 11) is 0. The van der Waals surface area contributed by atoms with Gasteiger partial charge in [-0.1, -0.05) is 93.6 Å². The van der Waals surface area contributed by atoms with Crippen molar-refractivity contribution in [2.45, 2.75) is 100.0 Å². The lowest BCUT2D eigenvalue weighted by Gasteiger charge is -2.19. The first-order valence-electron chi connectivity index (χ1n) is 17.5. The SMILES string of the molecule is CCCC/C(=N/OC(C)=O)C(=O)c1ccc2c(c1)c1cc(C(=O)c3c(C)cc(C)cc3C)c3ccccc3c1n2CC(CC)CCCC. The molecular formula is C42H48N2O4. The molecule has 250 valence electrons. The minimum absolute atomic E-state index is 0.000906. The summed E-state index contributed by atoms with van der Waals surface area (Å²) in [5, 5.41) is 7.78. The molecule has 0 aliphatic heterocycles. The quantitative estimate of drug-likeness (QED) is 0.0521. The maximum Gasteiger partial charge on any atom is 0.331 e. The summed E-state index contributed by atoms with van der Waals surface area (Å²) in [4.78, 5) is 44.9. The van der Waals surface area contributed by atoms with Gasteiger partial charge in [-0.3, -0.25) is 9.59 Å². The molecule has 4 aromatic carbocycles. The summed E-state index contributed by atoms with van der Waals surface area (Å²) in [5.41, 5.74) is 7.26. The lowest BCUT2D eigenvalue weighted by Crippen LogP contribution is -2.16. The van der Waals surface area contributed by atoms with E-state index in [1.807, 2.05) is 57.2 Å². The van der Waals surface area contributed by atoms with E-state index in [-0.39, 0.29) is 17.3 Å². The fraction of sp³-hybridized carbons (Fsp3) is 0.381. The molecule has 0 aliphatic rings. The molecule has 0 radical (unpaired) electrons. The van der Waals surface area contributed by atoms with Gasteiger partial charge in [0, 0.05) is 51.8 Å². The highest BCUT2D eigenvalue weighted by Crippen LogP contribution is 2.39. The van der Waals surface area contributed by atoms with Crippen LogP contribution in [0.15, 0.2) is 65.8 Å². The van der Waals surface area contributed by atoms with E-state index in [1.54, 1.807) is 0 Å². The zero-order valence-corrected chi connectivity index (χ0v) is 29.5. The van der Waals surface area contributed by atoms with E-state index in [1.165, 1.54) is 13.3 Å². The number of benzene rings is 4. The summed E-state index contributed by atoms with van der Waals surface area (Å²) < 4.78 is 2.41. The maximum absolute atomic E-state index is 14.5. The molecule has 6 heteroatoms. The van der Waals surface area contributed by atoms with Gasteiger partial charge in [0.05, 0.1) is 5.52 Å². The van der Waals surface area contributed by atoms with Crippen molar-refractivity contribution in [3.05, 3.63) is 94.0 Å². The third-order valence-corrected chi connectivity index (χ3v) is 9.57. The Morgan fingerprint density at radius 3 is 2.15 bits per heavy atom. The molecule has 0 bridgehead atoms. The predicted octanol–water partition coefficient (Wildman–Crippen LogP) is 10.6. The van der Waals surface area contributed by atoms with Crippen molar-refractivity contribution in [2.75, 3.05) is 0 Å². The molecule has 5 rings (SSSR count). The van der Waals surface area contributed by atoms with Crippen LogP contribution in [0.25, 0.3) is 32.6 Å². The number of hydrogen-bond donors (Lipinski definition) is 0. The number of ketones is 2. The van der Waals surface area contributed by atoms with E-state index in [0.717, 1.165) is 93.5 Å². The Morgan fingerprint density at radius 2 is 1.50 bits per heavy atom. The number of aromatic nitrogens is 1. The number of unbranched alkanes of at least 4 members (excludes halogenated alkanes) is 2. The molecule has 5 aromatic rings. The van der Waals surface area contributed by atoms with Crippen LogP contribution in [0.1, 0.15) is 116 Å². The summed E-state index contributed by atoms with van der Waals surface area (Å²) in [6.45, 7) is 14.7. The van der Waals surface area contributed by atoms with Gasteiger partial charge in [0.2, 0.25) is 5.78 Å². The highest BCUT2D eigenvalue weighted by atomic mass is 16.7. The Labute approximate surface area is 284 Å². The lowest BCUT2D eigenvalue weighted by atomic mass is 9.89. The summed E-state index contributed by atoms with van der Waals surface area (Å²) >= 11 is 0. The van der Waals surface area contributed by atoms with E-state index >= 15 is 0 Å². The van der Waals surface area contributed by atoms with E-state index < -0.39 is 5.97 Å². The second-order valence-electron chi connectivity index (χ2n) is 13.3. The second kappa shape index (κ2) is 15.1. The number of oxime groups is 1. The summed E-state index contributed by atoms with van der Waals surface area (Å²) in [6, 6.07) is 20.2. The van der Waals surface area contributed by atoms with Crippen LogP contribution in [0, 0.1) is 26.7 Å². The molecule has 0 amide bonds. The molecule has 1 heterocycles. The summed E-state index contributed by atoms with van der Waals surface area (Å²) in [6.07, 6.45) is 6.56. The third kappa shape index (κ3) is 6.99. The maximum atomic E-state index is 14.5. The molecule has 0 N–H and O–H groups in total. The monoisotopic (exact) mass is 644 g/mol. The average molecular weight is 645 g/mol. The van der Waals surface area contributed by atoms with Crippen molar-refractivity contribution in [3.8, 4) is 0 Å². The first kappa shape index (κ1) is 34.7. The average Bonchev–Trinajstić information content (AvgIpc) is 3.37. The van der Waals surface area contributed by atoms with Gasteiger partial charge >= 0.3 is 5.97 Å². The minimum Gasteiger partial charge on any atom is -0.340 e. The normalized spacial score (nSPS) is 12.6. The standard InChI is InChI=1S/C42H48N2O4/c1-8-11-15-30(10-3)25-44-38-20-19-31(41(46)37(18-12-9-2)43-48-29(7)45)23-34(38)35-24-36(32-16-13-14-17-33(32)40(35)44)42(47)39-27(5)21-26(4)22-28(39)6/h13-14,16-17,19-24,30H,8-12,15,18,25H2,1-7H3/b43-37-. The highest BCUT2D eigenvalue weighted by molar-refractivity contribution is 6.46. The molecule has 0 aliphatic carbocycles. The number of carbonyl (C=O) groups excluding carboxylic acids is 3. The van der Waals surface area contributed by atoms with Gasteiger partial charge in [-0.2, -0.15) is 0 Å². The fourth-order valence-corrected chi connectivity index (χ4v) is 7.16. The van der Waals surface area contributed by atoms with Gasteiger partial charge in [-0.05, 0) is 86.7 Å². The number of nitrogens with zero attached hydrogens (tertiary/aromatic N) is 2. The largest absolute Gasteiger partial charge is 0.340 e. The van der Waals surface area contributed by atoms with Crippen molar-refractivity contribution in [1.29, 1.82) is 0 Å². The van der Waals surface area contributed by atoms with Crippen LogP contribution in [-0.4, -0.2) is 27.8 Å². The molecular weight excluding hydrogens is 596 g/mol.